The number of halogens is 2. The maximum absolute atomic E-state index is 5.94. The van der Waals surface area contributed by atoms with Gasteiger partial charge in [-0.3, -0.25) is 4.57 Å². The van der Waals surface area contributed by atoms with Crippen LogP contribution in [0.1, 0.15) is 10.7 Å². The molecule has 0 aliphatic heterocycles. The summed E-state index contributed by atoms with van der Waals surface area (Å²) in [4.78, 5) is 14.4. The van der Waals surface area contributed by atoms with Gasteiger partial charge in [0.15, 0.2) is 10.8 Å². The van der Waals surface area contributed by atoms with Crippen molar-refractivity contribution >= 4 is 50.0 Å². The first-order chi connectivity index (χ1) is 8.69. The van der Waals surface area contributed by atoms with Crippen LogP contribution < -0.4 is 0 Å². The maximum atomic E-state index is 5.94. The van der Waals surface area contributed by atoms with E-state index in [2.05, 4.69) is 30.9 Å². The van der Waals surface area contributed by atoms with Gasteiger partial charge in [0.2, 0.25) is 0 Å². The Balaban J connectivity index is 2.26. The van der Waals surface area contributed by atoms with Crippen LogP contribution in [0, 0.1) is 6.92 Å². The summed E-state index contributed by atoms with van der Waals surface area (Å²) in [6, 6.07) is 3.61. The molecule has 0 unspecified atom stereocenters. The van der Waals surface area contributed by atoms with Crippen LogP contribution in [0.3, 0.4) is 0 Å². The quantitative estimate of drug-likeness (QED) is 0.526. The Kier molecular flexibility index (Phi) is 3.09. The second-order valence-electron chi connectivity index (χ2n) is 3.71. The molecule has 0 fully saturated rings. The van der Waals surface area contributed by atoms with Crippen molar-refractivity contribution in [2.75, 3.05) is 0 Å². The number of nitrogens with zero attached hydrogens (tertiary/aromatic N) is 4. The lowest BCUT2D eigenvalue weighted by Crippen LogP contribution is -1.97. The van der Waals surface area contributed by atoms with Crippen molar-refractivity contribution < 1.29 is 0 Å². The molecule has 0 radical (unpaired) electrons. The van der Waals surface area contributed by atoms with Crippen molar-refractivity contribution in [2.24, 2.45) is 0 Å². The molecule has 92 valence electrons. The number of aryl methyl sites for hydroxylation is 1. The highest BCUT2D eigenvalue weighted by atomic mass is 79.9. The van der Waals surface area contributed by atoms with Crippen LogP contribution in [-0.4, -0.2) is 19.5 Å². The monoisotopic (exact) mass is 342 g/mol. The third-order valence-corrected chi connectivity index (χ3v) is 4.67. The first-order valence-corrected chi connectivity index (χ1v) is 7.53. The summed E-state index contributed by atoms with van der Waals surface area (Å²) >= 11 is 11.0. The first kappa shape index (κ1) is 12.1. The molecule has 0 aromatic carbocycles. The molecule has 7 heteroatoms. The number of imidazole rings is 1. The van der Waals surface area contributed by atoms with Gasteiger partial charge in [-0.25, -0.2) is 15.0 Å². The molecule has 0 aliphatic carbocycles. The standard InChI is InChI=1S/C11H8BrClN4S/c1-6-15-8-2-3-9(13)16-10(8)17(6)11-14-5-7(4-12)18-11/h2-3,5H,4H2,1H3. The van der Waals surface area contributed by atoms with E-state index in [1.54, 1.807) is 17.4 Å². The first-order valence-electron chi connectivity index (χ1n) is 5.21. The minimum absolute atomic E-state index is 0.459. The highest BCUT2D eigenvalue weighted by Gasteiger charge is 2.13. The molecule has 18 heavy (non-hydrogen) atoms. The molecule has 0 amide bonds. The van der Waals surface area contributed by atoms with E-state index in [4.69, 9.17) is 11.6 Å². The fourth-order valence-corrected chi connectivity index (χ4v) is 3.18. The minimum atomic E-state index is 0.459. The topological polar surface area (TPSA) is 43.6 Å². The van der Waals surface area contributed by atoms with Crippen LogP contribution in [0.4, 0.5) is 0 Å². The normalized spacial score (nSPS) is 11.3. The van der Waals surface area contributed by atoms with Crippen molar-refractivity contribution in [1.82, 2.24) is 19.5 Å². The van der Waals surface area contributed by atoms with Gasteiger partial charge in [-0.1, -0.05) is 27.5 Å². The van der Waals surface area contributed by atoms with Crippen molar-refractivity contribution in [2.45, 2.75) is 12.3 Å². The van der Waals surface area contributed by atoms with E-state index in [0.717, 1.165) is 32.3 Å². The molecule has 0 bridgehead atoms. The van der Waals surface area contributed by atoms with E-state index >= 15 is 0 Å². The molecular formula is C11H8BrClN4S. The largest absolute Gasteiger partial charge is 0.256 e. The number of hydrogen-bond acceptors (Lipinski definition) is 4. The Morgan fingerprint density at radius 3 is 2.94 bits per heavy atom. The van der Waals surface area contributed by atoms with E-state index in [9.17, 15) is 0 Å². The van der Waals surface area contributed by atoms with Gasteiger partial charge in [-0.05, 0) is 19.1 Å². The predicted octanol–water partition coefficient (Wildman–Crippen LogP) is 3.73. The van der Waals surface area contributed by atoms with Crippen molar-refractivity contribution in [3.05, 3.63) is 34.2 Å². The summed E-state index contributed by atoms with van der Waals surface area (Å²) in [5, 5.41) is 2.12. The Morgan fingerprint density at radius 2 is 2.22 bits per heavy atom. The molecule has 3 aromatic heterocycles. The zero-order valence-electron chi connectivity index (χ0n) is 9.39. The summed E-state index contributed by atoms with van der Waals surface area (Å²) < 4.78 is 1.93. The molecule has 3 rings (SSSR count). The van der Waals surface area contributed by atoms with E-state index in [1.807, 2.05) is 23.8 Å². The predicted molar refractivity (Wildman–Crippen MR) is 76.9 cm³/mol. The van der Waals surface area contributed by atoms with Crippen LogP contribution in [0.25, 0.3) is 16.3 Å². The van der Waals surface area contributed by atoms with Crippen molar-refractivity contribution in [3.8, 4) is 5.13 Å². The Hall–Kier alpha value is -0.980. The lowest BCUT2D eigenvalue weighted by atomic mass is 10.4. The van der Waals surface area contributed by atoms with Gasteiger partial charge >= 0.3 is 0 Å². The third-order valence-electron chi connectivity index (χ3n) is 2.50. The van der Waals surface area contributed by atoms with E-state index in [1.165, 1.54) is 0 Å². The molecular weight excluding hydrogens is 336 g/mol. The lowest BCUT2D eigenvalue weighted by molar-refractivity contribution is 0.972. The summed E-state index contributed by atoms with van der Waals surface area (Å²) in [6.07, 6.45) is 1.85. The van der Waals surface area contributed by atoms with Crippen LogP contribution >= 0.6 is 38.9 Å². The summed E-state index contributed by atoms with van der Waals surface area (Å²) in [5.74, 6) is 0.857. The molecule has 3 heterocycles. The average Bonchev–Trinajstić information content (AvgIpc) is 2.92. The second-order valence-corrected chi connectivity index (χ2v) is 5.76. The molecule has 0 saturated carbocycles. The van der Waals surface area contributed by atoms with Gasteiger partial charge in [0, 0.05) is 16.4 Å². The molecule has 0 aliphatic rings. The van der Waals surface area contributed by atoms with Gasteiger partial charge in [0.25, 0.3) is 0 Å². The smallest absolute Gasteiger partial charge is 0.196 e. The molecule has 0 N–H and O–H groups in total. The minimum Gasteiger partial charge on any atom is -0.256 e. The second kappa shape index (κ2) is 4.60. The number of pyridine rings is 1. The number of thiazole rings is 1. The molecule has 3 aromatic rings. The van der Waals surface area contributed by atoms with Gasteiger partial charge < -0.3 is 0 Å². The van der Waals surface area contributed by atoms with E-state index in [0.29, 0.717) is 5.15 Å². The Labute approximate surface area is 121 Å². The summed E-state index contributed by atoms with van der Waals surface area (Å²) in [6.45, 7) is 1.94. The Morgan fingerprint density at radius 1 is 1.39 bits per heavy atom. The fraction of sp³-hybridized carbons (Fsp3) is 0.182. The SMILES string of the molecule is Cc1nc2ccc(Cl)nc2n1-c1ncc(CBr)s1. The zero-order chi connectivity index (χ0) is 12.7. The lowest BCUT2D eigenvalue weighted by Gasteiger charge is -2.00. The van der Waals surface area contributed by atoms with E-state index < -0.39 is 0 Å². The zero-order valence-corrected chi connectivity index (χ0v) is 12.6. The third kappa shape index (κ3) is 1.94. The highest BCUT2D eigenvalue weighted by molar-refractivity contribution is 9.08. The Bertz CT molecular complexity index is 721. The van der Waals surface area contributed by atoms with Gasteiger partial charge in [0.05, 0.1) is 0 Å². The van der Waals surface area contributed by atoms with Crippen molar-refractivity contribution in [3.63, 3.8) is 0 Å². The fourth-order valence-electron chi connectivity index (χ4n) is 1.74. The van der Waals surface area contributed by atoms with Crippen LogP contribution in [0.2, 0.25) is 5.15 Å². The van der Waals surface area contributed by atoms with Crippen molar-refractivity contribution in [1.29, 1.82) is 0 Å². The van der Waals surface area contributed by atoms with Gasteiger partial charge in [0.1, 0.15) is 16.5 Å². The number of fused-ring (bicyclic) bond motifs is 1. The number of hydrogen-bond donors (Lipinski definition) is 0. The number of alkyl halides is 1. The number of aromatic nitrogens is 4. The maximum Gasteiger partial charge on any atom is 0.196 e. The number of rotatable bonds is 2. The summed E-state index contributed by atoms with van der Waals surface area (Å²) in [5.41, 5.74) is 1.57. The molecule has 4 nitrogen and oxygen atoms in total. The van der Waals surface area contributed by atoms with E-state index in [-0.39, 0.29) is 0 Å². The summed E-state index contributed by atoms with van der Waals surface area (Å²) in [7, 11) is 0. The average molecular weight is 344 g/mol. The molecule has 0 atom stereocenters. The van der Waals surface area contributed by atoms with Crippen LogP contribution in [-0.2, 0) is 5.33 Å². The van der Waals surface area contributed by atoms with Gasteiger partial charge in [-0.2, -0.15) is 0 Å². The molecule has 0 saturated heterocycles. The van der Waals surface area contributed by atoms with Gasteiger partial charge in [-0.15, -0.1) is 11.3 Å². The van der Waals surface area contributed by atoms with Crippen LogP contribution in [0.5, 0.6) is 0 Å². The highest BCUT2D eigenvalue weighted by Crippen LogP contribution is 2.25. The molecule has 0 spiro atoms. The van der Waals surface area contributed by atoms with Crippen LogP contribution in [0.15, 0.2) is 18.3 Å².